The van der Waals surface area contributed by atoms with Crippen LogP contribution >= 0.6 is 0 Å². The van der Waals surface area contributed by atoms with Crippen LogP contribution in [0.1, 0.15) is 35.8 Å². The molecule has 144 valence electrons. The molecule has 0 saturated heterocycles. The summed E-state index contributed by atoms with van der Waals surface area (Å²) < 4.78 is 16.0. The highest BCUT2D eigenvalue weighted by atomic mass is 19.1. The number of anilines is 1. The van der Waals surface area contributed by atoms with Crippen molar-refractivity contribution in [2.75, 3.05) is 11.9 Å². The van der Waals surface area contributed by atoms with Gasteiger partial charge >= 0.3 is 0 Å². The van der Waals surface area contributed by atoms with Gasteiger partial charge in [-0.3, -0.25) is 9.78 Å². The molecule has 0 atom stereocenters. The number of primary amides is 1. The van der Waals surface area contributed by atoms with Crippen LogP contribution in [0.25, 0.3) is 5.69 Å². The molecule has 3 aromatic rings. The zero-order valence-electron chi connectivity index (χ0n) is 15.5. The second-order valence-electron chi connectivity index (χ2n) is 7.42. The fraction of sp³-hybridized carbons (Fsp3) is 0.300. The summed E-state index contributed by atoms with van der Waals surface area (Å²) in [7, 11) is 0. The second kappa shape index (κ2) is 7.03. The quantitative estimate of drug-likeness (QED) is 0.685. The molecule has 3 N–H and O–H groups in total. The lowest BCUT2D eigenvalue weighted by Gasteiger charge is -2.46. The van der Waals surface area contributed by atoms with E-state index < -0.39 is 5.91 Å². The van der Waals surface area contributed by atoms with Gasteiger partial charge in [-0.2, -0.15) is 0 Å². The SMILES string of the molecule is CC1CC(CNc2ncc(-n3ccc(C(N)=O)c3)cn2)(c2ncccc2F)C1. The van der Waals surface area contributed by atoms with Crippen LogP contribution in [0.4, 0.5) is 10.3 Å². The number of halogens is 1. The summed E-state index contributed by atoms with van der Waals surface area (Å²) in [6.45, 7) is 2.67. The summed E-state index contributed by atoms with van der Waals surface area (Å²) >= 11 is 0. The molecule has 0 aromatic carbocycles. The third-order valence-corrected chi connectivity index (χ3v) is 5.24. The lowest BCUT2D eigenvalue weighted by atomic mass is 9.60. The van der Waals surface area contributed by atoms with Crippen LogP contribution in [-0.4, -0.2) is 32.0 Å². The molecule has 0 radical (unpaired) electrons. The van der Waals surface area contributed by atoms with E-state index in [0.29, 0.717) is 35.4 Å². The summed E-state index contributed by atoms with van der Waals surface area (Å²) in [6.07, 6.45) is 10.0. The van der Waals surface area contributed by atoms with Crippen LogP contribution in [0.15, 0.2) is 49.2 Å². The summed E-state index contributed by atoms with van der Waals surface area (Å²) in [4.78, 5) is 24.2. The average molecular weight is 380 g/mol. The fourth-order valence-electron chi connectivity index (χ4n) is 3.97. The zero-order chi connectivity index (χ0) is 19.7. The number of hydrogen-bond acceptors (Lipinski definition) is 5. The van der Waals surface area contributed by atoms with Crippen molar-refractivity contribution < 1.29 is 9.18 Å². The number of aromatic nitrogens is 4. The van der Waals surface area contributed by atoms with E-state index in [2.05, 4.69) is 27.2 Å². The predicted octanol–water partition coefficient (Wildman–Crippen LogP) is 2.68. The van der Waals surface area contributed by atoms with Gasteiger partial charge in [0.15, 0.2) is 0 Å². The molecular weight excluding hydrogens is 359 g/mol. The Bertz CT molecular complexity index is 994. The number of nitrogens with zero attached hydrogens (tertiary/aromatic N) is 4. The van der Waals surface area contributed by atoms with Crippen LogP contribution in [-0.2, 0) is 5.41 Å². The van der Waals surface area contributed by atoms with Crippen LogP contribution in [0.2, 0.25) is 0 Å². The Balaban J connectivity index is 1.48. The highest BCUT2D eigenvalue weighted by Crippen LogP contribution is 2.47. The van der Waals surface area contributed by atoms with E-state index >= 15 is 0 Å². The van der Waals surface area contributed by atoms with E-state index in [0.717, 1.165) is 12.8 Å². The van der Waals surface area contributed by atoms with Gasteiger partial charge in [-0.1, -0.05) is 6.92 Å². The number of hydrogen-bond donors (Lipinski definition) is 2. The lowest BCUT2D eigenvalue weighted by molar-refractivity contribution is 0.100. The maximum Gasteiger partial charge on any atom is 0.250 e. The Morgan fingerprint density at radius 1 is 1.32 bits per heavy atom. The molecule has 8 heteroatoms. The number of amides is 1. The molecule has 28 heavy (non-hydrogen) atoms. The van der Waals surface area contributed by atoms with Gasteiger partial charge in [-0.15, -0.1) is 0 Å². The molecular formula is C20H21FN6O. The average Bonchev–Trinajstić information content (AvgIpc) is 3.16. The third-order valence-electron chi connectivity index (χ3n) is 5.24. The van der Waals surface area contributed by atoms with Gasteiger partial charge in [0.2, 0.25) is 11.9 Å². The van der Waals surface area contributed by atoms with Gasteiger partial charge in [-0.25, -0.2) is 14.4 Å². The Hall–Kier alpha value is -3.29. The van der Waals surface area contributed by atoms with Gasteiger partial charge in [0.1, 0.15) is 5.82 Å². The topological polar surface area (TPSA) is 98.7 Å². The van der Waals surface area contributed by atoms with Gasteiger partial charge in [0.25, 0.3) is 0 Å². The van der Waals surface area contributed by atoms with Crippen molar-refractivity contribution in [3.8, 4) is 5.69 Å². The fourth-order valence-corrected chi connectivity index (χ4v) is 3.97. The summed E-state index contributed by atoms with van der Waals surface area (Å²) in [6, 6.07) is 4.70. The molecule has 3 aromatic heterocycles. The summed E-state index contributed by atoms with van der Waals surface area (Å²) in [5.41, 5.74) is 6.56. The largest absolute Gasteiger partial charge is 0.366 e. The van der Waals surface area contributed by atoms with Crippen molar-refractivity contribution in [1.82, 2.24) is 19.5 Å². The molecule has 0 bridgehead atoms. The first-order chi connectivity index (χ1) is 13.5. The highest BCUT2D eigenvalue weighted by Gasteiger charge is 2.46. The molecule has 0 unspecified atom stereocenters. The van der Waals surface area contributed by atoms with E-state index in [4.69, 9.17) is 5.73 Å². The van der Waals surface area contributed by atoms with Crippen molar-refractivity contribution >= 4 is 11.9 Å². The first-order valence-electron chi connectivity index (χ1n) is 9.12. The minimum absolute atomic E-state index is 0.273. The van der Waals surface area contributed by atoms with Crippen LogP contribution in [0.5, 0.6) is 0 Å². The molecule has 1 amide bonds. The standard InChI is InChI=1S/C20H21FN6O/c1-13-7-20(8-13,17-16(21)3-2-5-23-17)12-26-19-24-9-15(10-25-19)27-6-4-14(11-27)18(22)28/h2-6,9-11,13H,7-8,12H2,1H3,(H2,22,28)(H,24,25,26). The van der Waals surface area contributed by atoms with E-state index in [1.54, 1.807) is 47.7 Å². The Kier molecular flexibility index (Phi) is 4.54. The van der Waals surface area contributed by atoms with E-state index in [1.165, 1.54) is 6.07 Å². The summed E-state index contributed by atoms with van der Waals surface area (Å²) in [5.74, 6) is 0.228. The van der Waals surface area contributed by atoms with Gasteiger partial charge < -0.3 is 15.6 Å². The molecule has 4 rings (SSSR count). The molecule has 0 spiro atoms. The number of nitrogens with one attached hydrogen (secondary N) is 1. The molecule has 1 aliphatic rings. The van der Waals surface area contributed by atoms with Crippen molar-refractivity contribution in [1.29, 1.82) is 0 Å². The van der Waals surface area contributed by atoms with Crippen LogP contribution in [0.3, 0.4) is 0 Å². The van der Waals surface area contributed by atoms with Crippen molar-refractivity contribution in [3.63, 3.8) is 0 Å². The van der Waals surface area contributed by atoms with Crippen molar-refractivity contribution in [3.05, 3.63) is 66.3 Å². The van der Waals surface area contributed by atoms with E-state index in [9.17, 15) is 9.18 Å². The minimum atomic E-state index is -0.486. The van der Waals surface area contributed by atoms with E-state index in [1.807, 2.05) is 0 Å². The van der Waals surface area contributed by atoms with Crippen LogP contribution in [0, 0.1) is 11.7 Å². The smallest absolute Gasteiger partial charge is 0.250 e. The number of nitrogens with two attached hydrogens (primary N) is 1. The van der Waals surface area contributed by atoms with Crippen LogP contribution < -0.4 is 11.1 Å². The number of rotatable bonds is 6. The molecule has 3 heterocycles. The number of carbonyl (C=O) groups is 1. The molecule has 1 saturated carbocycles. The molecule has 1 aliphatic carbocycles. The maximum atomic E-state index is 14.3. The zero-order valence-corrected chi connectivity index (χ0v) is 15.5. The van der Waals surface area contributed by atoms with Gasteiger partial charge in [-0.05, 0) is 37.0 Å². The Labute approximate surface area is 161 Å². The Morgan fingerprint density at radius 3 is 2.68 bits per heavy atom. The van der Waals surface area contributed by atoms with Gasteiger partial charge in [0.05, 0.1) is 29.3 Å². The van der Waals surface area contributed by atoms with Gasteiger partial charge in [0, 0.05) is 30.6 Å². The minimum Gasteiger partial charge on any atom is -0.366 e. The maximum absolute atomic E-state index is 14.3. The van der Waals surface area contributed by atoms with Crippen molar-refractivity contribution in [2.45, 2.75) is 25.2 Å². The monoisotopic (exact) mass is 380 g/mol. The summed E-state index contributed by atoms with van der Waals surface area (Å²) in [5, 5.41) is 3.22. The number of carbonyl (C=O) groups excluding carboxylic acids is 1. The number of pyridine rings is 1. The Morgan fingerprint density at radius 2 is 2.07 bits per heavy atom. The second-order valence-corrected chi connectivity index (χ2v) is 7.42. The molecule has 7 nitrogen and oxygen atoms in total. The first-order valence-corrected chi connectivity index (χ1v) is 9.12. The third kappa shape index (κ3) is 3.33. The predicted molar refractivity (Wildman–Crippen MR) is 103 cm³/mol. The normalized spacial score (nSPS) is 21.1. The molecule has 1 fully saturated rings. The van der Waals surface area contributed by atoms with E-state index in [-0.39, 0.29) is 11.2 Å². The molecule has 0 aliphatic heterocycles. The highest BCUT2D eigenvalue weighted by molar-refractivity contribution is 5.92. The lowest BCUT2D eigenvalue weighted by Crippen LogP contribution is -2.47. The first kappa shape index (κ1) is 18.1. The van der Waals surface area contributed by atoms with Crippen molar-refractivity contribution in [2.24, 2.45) is 11.7 Å².